The van der Waals surface area contributed by atoms with Crippen LogP contribution in [0, 0.1) is 6.92 Å². The van der Waals surface area contributed by atoms with Crippen LogP contribution in [0.2, 0.25) is 0 Å². The standard InChI is InChI=1S/C16H20BrNS/c1-3-8-18-16(10-15-9-14(17)11-19-15)13-6-4-12(2)5-7-13/h4-7,9,11,16,18H,3,8,10H2,1-2H3. The van der Waals surface area contributed by atoms with Gasteiger partial charge in [0.05, 0.1) is 0 Å². The minimum Gasteiger partial charge on any atom is -0.310 e. The Labute approximate surface area is 128 Å². The molecule has 3 heteroatoms. The first-order valence-electron chi connectivity index (χ1n) is 6.72. The molecule has 0 fully saturated rings. The Balaban J connectivity index is 2.13. The van der Waals surface area contributed by atoms with Gasteiger partial charge in [0.15, 0.2) is 0 Å². The quantitative estimate of drug-likeness (QED) is 0.772. The van der Waals surface area contributed by atoms with Crippen molar-refractivity contribution in [3.8, 4) is 0 Å². The van der Waals surface area contributed by atoms with E-state index in [0.29, 0.717) is 6.04 Å². The molecule has 1 atom stereocenters. The van der Waals surface area contributed by atoms with E-state index in [1.807, 2.05) is 11.3 Å². The minimum atomic E-state index is 0.408. The van der Waals surface area contributed by atoms with Crippen molar-refractivity contribution < 1.29 is 0 Å². The second-order valence-electron chi connectivity index (χ2n) is 4.85. The summed E-state index contributed by atoms with van der Waals surface area (Å²) in [5.41, 5.74) is 2.69. The molecule has 1 unspecified atom stereocenters. The summed E-state index contributed by atoms with van der Waals surface area (Å²) < 4.78 is 1.19. The first-order valence-corrected chi connectivity index (χ1v) is 8.39. The highest BCUT2D eigenvalue weighted by atomic mass is 79.9. The van der Waals surface area contributed by atoms with Gasteiger partial charge in [-0.15, -0.1) is 11.3 Å². The number of nitrogens with one attached hydrogen (secondary N) is 1. The summed E-state index contributed by atoms with van der Waals surface area (Å²) in [6.07, 6.45) is 2.22. The molecule has 0 amide bonds. The van der Waals surface area contributed by atoms with E-state index in [-0.39, 0.29) is 0 Å². The molecule has 1 aromatic heterocycles. The van der Waals surface area contributed by atoms with E-state index in [0.717, 1.165) is 19.4 Å². The number of thiophene rings is 1. The SMILES string of the molecule is CCCNC(Cc1cc(Br)cs1)c1ccc(C)cc1. The second-order valence-corrected chi connectivity index (χ2v) is 6.76. The van der Waals surface area contributed by atoms with E-state index in [4.69, 9.17) is 0 Å². The van der Waals surface area contributed by atoms with Gasteiger partial charge in [-0.3, -0.25) is 0 Å². The van der Waals surface area contributed by atoms with Gasteiger partial charge in [0.2, 0.25) is 0 Å². The summed E-state index contributed by atoms with van der Waals surface area (Å²) in [4.78, 5) is 1.42. The van der Waals surface area contributed by atoms with Gasteiger partial charge >= 0.3 is 0 Å². The minimum absolute atomic E-state index is 0.408. The van der Waals surface area contributed by atoms with Crippen LogP contribution in [0.4, 0.5) is 0 Å². The molecule has 0 saturated carbocycles. The van der Waals surface area contributed by atoms with Gasteiger partial charge in [0, 0.05) is 27.2 Å². The van der Waals surface area contributed by atoms with Crippen LogP contribution >= 0.6 is 27.3 Å². The van der Waals surface area contributed by atoms with Crippen LogP contribution in [0.3, 0.4) is 0 Å². The van der Waals surface area contributed by atoms with Gasteiger partial charge < -0.3 is 5.32 Å². The van der Waals surface area contributed by atoms with Crippen LogP contribution in [0.1, 0.15) is 35.4 Å². The molecule has 0 spiro atoms. The van der Waals surface area contributed by atoms with Crippen molar-refractivity contribution in [2.45, 2.75) is 32.7 Å². The van der Waals surface area contributed by atoms with E-state index >= 15 is 0 Å². The monoisotopic (exact) mass is 337 g/mol. The van der Waals surface area contributed by atoms with Crippen molar-refractivity contribution in [3.05, 3.63) is 56.2 Å². The Kier molecular flexibility index (Phi) is 5.61. The highest BCUT2D eigenvalue weighted by Gasteiger charge is 2.12. The zero-order valence-corrected chi connectivity index (χ0v) is 13.9. The van der Waals surface area contributed by atoms with Crippen LogP contribution in [-0.4, -0.2) is 6.54 Å². The lowest BCUT2D eigenvalue weighted by atomic mass is 10.0. The lowest BCUT2D eigenvalue weighted by Crippen LogP contribution is -2.23. The Morgan fingerprint density at radius 2 is 2.00 bits per heavy atom. The Hall–Kier alpha value is -0.640. The molecular formula is C16H20BrNS. The molecule has 1 heterocycles. The zero-order chi connectivity index (χ0) is 13.7. The van der Waals surface area contributed by atoms with Crippen molar-refractivity contribution in [1.82, 2.24) is 5.32 Å². The van der Waals surface area contributed by atoms with Crippen LogP contribution in [-0.2, 0) is 6.42 Å². The van der Waals surface area contributed by atoms with Crippen molar-refractivity contribution in [2.75, 3.05) is 6.54 Å². The van der Waals surface area contributed by atoms with Gasteiger partial charge in [-0.1, -0.05) is 36.8 Å². The fourth-order valence-electron chi connectivity index (χ4n) is 2.09. The lowest BCUT2D eigenvalue weighted by molar-refractivity contribution is 0.532. The van der Waals surface area contributed by atoms with Crippen LogP contribution < -0.4 is 5.32 Å². The summed E-state index contributed by atoms with van der Waals surface area (Å²) in [6.45, 7) is 5.40. The van der Waals surface area contributed by atoms with Crippen LogP contribution in [0.25, 0.3) is 0 Å². The third kappa shape index (κ3) is 4.44. The number of benzene rings is 1. The Bertz CT molecular complexity index is 504. The maximum atomic E-state index is 3.65. The molecule has 1 N–H and O–H groups in total. The third-order valence-electron chi connectivity index (χ3n) is 3.15. The lowest BCUT2D eigenvalue weighted by Gasteiger charge is -2.18. The number of rotatable bonds is 6. The fraction of sp³-hybridized carbons (Fsp3) is 0.375. The molecule has 0 bridgehead atoms. The van der Waals surface area contributed by atoms with Crippen LogP contribution in [0.15, 0.2) is 40.2 Å². The predicted octanol–water partition coefficient (Wildman–Crippen LogP) is 5.10. The molecule has 19 heavy (non-hydrogen) atoms. The smallest absolute Gasteiger partial charge is 0.0368 e. The van der Waals surface area contributed by atoms with Crippen molar-refractivity contribution in [3.63, 3.8) is 0 Å². The predicted molar refractivity (Wildman–Crippen MR) is 87.9 cm³/mol. The molecular weight excluding hydrogens is 318 g/mol. The Morgan fingerprint density at radius 1 is 1.26 bits per heavy atom. The molecule has 0 saturated heterocycles. The maximum absolute atomic E-state index is 3.65. The molecule has 2 rings (SSSR count). The molecule has 0 radical (unpaired) electrons. The number of hydrogen-bond acceptors (Lipinski definition) is 2. The van der Waals surface area contributed by atoms with Crippen molar-refractivity contribution >= 4 is 27.3 Å². The average Bonchev–Trinajstić information content (AvgIpc) is 2.81. The zero-order valence-electron chi connectivity index (χ0n) is 11.4. The number of aryl methyl sites for hydroxylation is 1. The van der Waals surface area contributed by atoms with Gasteiger partial charge in [0.25, 0.3) is 0 Å². The highest BCUT2D eigenvalue weighted by molar-refractivity contribution is 9.10. The molecule has 0 aliphatic rings. The van der Waals surface area contributed by atoms with E-state index in [1.165, 1.54) is 20.5 Å². The summed E-state index contributed by atoms with van der Waals surface area (Å²) in [6, 6.07) is 11.5. The molecule has 0 aliphatic carbocycles. The van der Waals surface area contributed by atoms with E-state index in [1.54, 1.807) is 0 Å². The Morgan fingerprint density at radius 3 is 2.58 bits per heavy atom. The molecule has 1 aromatic carbocycles. The van der Waals surface area contributed by atoms with Crippen molar-refractivity contribution in [2.24, 2.45) is 0 Å². The van der Waals surface area contributed by atoms with Gasteiger partial charge in [0.1, 0.15) is 0 Å². The topological polar surface area (TPSA) is 12.0 Å². The summed E-state index contributed by atoms with van der Waals surface area (Å²) in [5.74, 6) is 0. The number of halogens is 1. The largest absolute Gasteiger partial charge is 0.310 e. The second kappa shape index (κ2) is 7.22. The average molecular weight is 338 g/mol. The number of hydrogen-bond donors (Lipinski definition) is 1. The maximum Gasteiger partial charge on any atom is 0.0368 e. The van der Waals surface area contributed by atoms with Gasteiger partial charge in [-0.25, -0.2) is 0 Å². The third-order valence-corrected chi connectivity index (χ3v) is 4.87. The van der Waals surface area contributed by atoms with E-state index in [9.17, 15) is 0 Å². The first kappa shape index (κ1) is 14.8. The van der Waals surface area contributed by atoms with E-state index in [2.05, 4.69) is 70.8 Å². The normalized spacial score (nSPS) is 12.6. The fourth-order valence-corrected chi connectivity index (χ4v) is 3.59. The first-order chi connectivity index (χ1) is 9.19. The summed E-state index contributed by atoms with van der Waals surface area (Å²) >= 11 is 5.35. The van der Waals surface area contributed by atoms with Crippen molar-refractivity contribution in [1.29, 1.82) is 0 Å². The summed E-state index contributed by atoms with van der Waals surface area (Å²) in [7, 11) is 0. The van der Waals surface area contributed by atoms with E-state index < -0.39 is 0 Å². The van der Waals surface area contributed by atoms with Crippen LogP contribution in [0.5, 0.6) is 0 Å². The summed E-state index contributed by atoms with van der Waals surface area (Å²) in [5, 5.41) is 5.81. The van der Waals surface area contributed by atoms with Gasteiger partial charge in [-0.2, -0.15) is 0 Å². The molecule has 2 aromatic rings. The molecule has 1 nitrogen and oxygen atoms in total. The molecule has 0 aliphatic heterocycles. The highest BCUT2D eigenvalue weighted by Crippen LogP contribution is 2.25. The molecule has 102 valence electrons. The van der Waals surface area contributed by atoms with Gasteiger partial charge in [-0.05, 0) is 47.4 Å².